The third kappa shape index (κ3) is 2.92. The lowest BCUT2D eigenvalue weighted by atomic mass is 9.99. The summed E-state index contributed by atoms with van der Waals surface area (Å²) < 4.78 is 14.7. The fraction of sp³-hybridized carbons (Fsp3) is 0.316. The highest BCUT2D eigenvalue weighted by atomic mass is 35.5. The van der Waals surface area contributed by atoms with E-state index in [2.05, 4.69) is 16.7 Å². The Hall–Kier alpha value is -1.91. The van der Waals surface area contributed by atoms with Crippen molar-refractivity contribution in [2.75, 3.05) is 11.9 Å². The molecule has 2 aromatic carbocycles. The van der Waals surface area contributed by atoms with Crippen LogP contribution in [0.25, 0.3) is 0 Å². The van der Waals surface area contributed by atoms with Gasteiger partial charge in [-0.15, -0.1) is 12.4 Å². The second kappa shape index (κ2) is 6.91. The van der Waals surface area contributed by atoms with E-state index in [0.29, 0.717) is 18.5 Å². The van der Waals surface area contributed by atoms with Crippen LogP contribution in [0.3, 0.4) is 0 Å². The monoisotopic (exact) mass is 346 g/mol. The first kappa shape index (κ1) is 16.9. The molecule has 1 aliphatic heterocycles. The third-order valence-corrected chi connectivity index (χ3v) is 4.85. The molecular weight excluding hydrogens is 327 g/mol. The van der Waals surface area contributed by atoms with Crippen molar-refractivity contribution in [2.45, 2.75) is 32.2 Å². The van der Waals surface area contributed by atoms with Crippen molar-refractivity contribution in [2.24, 2.45) is 0 Å². The number of benzene rings is 2. The Morgan fingerprint density at radius 1 is 1.04 bits per heavy atom. The Labute approximate surface area is 147 Å². The van der Waals surface area contributed by atoms with Crippen LogP contribution in [-0.4, -0.2) is 12.5 Å². The van der Waals surface area contributed by atoms with Crippen LogP contribution in [0.4, 0.5) is 10.1 Å². The summed E-state index contributed by atoms with van der Waals surface area (Å²) in [6.45, 7) is 1.46. The molecule has 0 bridgehead atoms. The number of anilines is 1. The minimum Gasteiger partial charge on any atom is -0.319 e. The summed E-state index contributed by atoms with van der Waals surface area (Å²) in [4.78, 5) is 12.6. The zero-order valence-corrected chi connectivity index (χ0v) is 14.1. The van der Waals surface area contributed by atoms with Gasteiger partial charge < -0.3 is 10.6 Å². The minimum absolute atomic E-state index is 0. The van der Waals surface area contributed by atoms with Crippen molar-refractivity contribution in [1.82, 2.24) is 5.32 Å². The van der Waals surface area contributed by atoms with E-state index in [4.69, 9.17) is 0 Å². The Morgan fingerprint density at radius 3 is 2.79 bits per heavy atom. The summed E-state index contributed by atoms with van der Waals surface area (Å²) in [5, 5.41) is 6.00. The maximum atomic E-state index is 14.7. The van der Waals surface area contributed by atoms with Gasteiger partial charge in [0.15, 0.2) is 0 Å². The summed E-state index contributed by atoms with van der Waals surface area (Å²) in [5.74, 6) is -0.499. The van der Waals surface area contributed by atoms with Crippen LogP contribution in [0.2, 0.25) is 0 Å². The molecule has 0 atom stereocenters. The van der Waals surface area contributed by atoms with Gasteiger partial charge >= 0.3 is 0 Å². The largest absolute Gasteiger partial charge is 0.319 e. The maximum absolute atomic E-state index is 14.7. The number of carbonyl (C=O) groups is 1. The molecule has 2 aliphatic rings. The lowest BCUT2D eigenvalue weighted by molar-refractivity contribution is 0.102. The van der Waals surface area contributed by atoms with E-state index >= 15 is 0 Å². The van der Waals surface area contributed by atoms with E-state index in [1.54, 1.807) is 6.07 Å². The van der Waals surface area contributed by atoms with Crippen LogP contribution >= 0.6 is 12.4 Å². The van der Waals surface area contributed by atoms with E-state index in [1.807, 2.05) is 18.2 Å². The molecule has 0 saturated heterocycles. The highest BCUT2D eigenvalue weighted by molar-refractivity contribution is 6.05. The fourth-order valence-electron chi connectivity index (χ4n) is 3.65. The van der Waals surface area contributed by atoms with Crippen LogP contribution in [0.1, 0.15) is 39.0 Å². The van der Waals surface area contributed by atoms with Crippen LogP contribution in [0.5, 0.6) is 0 Å². The number of rotatable bonds is 2. The van der Waals surface area contributed by atoms with Gasteiger partial charge in [0.1, 0.15) is 5.82 Å². The predicted molar refractivity (Wildman–Crippen MR) is 95.5 cm³/mol. The summed E-state index contributed by atoms with van der Waals surface area (Å²) in [7, 11) is 0. The van der Waals surface area contributed by atoms with Crippen molar-refractivity contribution in [1.29, 1.82) is 0 Å². The Bertz CT molecular complexity index is 791. The first-order valence-corrected chi connectivity index (χ1v) is 8.17. The normalized spacial score (nSPS) is 15.2. The number of aryl methyl sites for hydroxylation is 1. The Balaban J connectivity index is 0.00000169. The second-order valence-corrected chi connectivity index (χ2v) is 6.24. The molecule has 0 fully saturated rings. The van der Waals surface area contributed by atoms with E-state index in [1.165, 1.54) is 5.56 Å². The number of nitrogens with one attached hydrogen (secondary N) is 2. The predicted octanol–water partition coefficient (Wildman–Crippen LogP) is 3.63. The molecular formula is C19H20ClFN2O. The first-order chi connectivity index (χ1) is 11.2. The lowest BCUT2D eigenvalue weighted by Gasteiger charge is -2.19. The van der Waals surface area contributed by atoms with Crippen molar-refractivity contribution in [3.8, 4) is 0 Å². The van der Waals surface area contributed by atoms with Crippen LogP contribution in [0, 0.1) is 5.82 Å². The molecule has 0 radical (unpaired) electrons. The molecule has 0 saturated carbocycles. The van der Waals surface area contributed by atoms with E-state index < -0.39 is 0 Å². The quantitative estimate of drug-likeness (QED) is 0.871. The molecule has 5 heteroatoms. The molecule has 0 spiro atoms. The van der Waals surface area contributed by atoms with Crippen molar-refractivity contribution in [3.05, 3.63) is 64.0 Å². The summed E-state index contributed by atoms with van der Waals surface area (Å²) in [6.07, 6.45) is 3.69. The van der Waals surface area contributed by atoms with Gasteiger partial charge in [-0.1, -0.05) is 18.2 Å². The SMILES string of the molecule is Cl.O=C(Nc1ccc2c(c1F)CCNC2)c1cccc2c1CCC2. The van der Waals surface area contributed by atoms with Crippen LogP contribution in [0.15, 0.2) is 30.3 Å². The van der Waals surface area contributed by atoms with Crippen LogP contribution in [-0.2, 0) is 25.8 Å². The molecule has 1 heterocycles. The number of amides is 1. The van der Waals surface area contributed by atoms with Gasteiger partial charge in [-0.25, -0.2) is 4.39 Å². The number of hydrogen-bond acceptors (Lipinski definition) is 2. The molecule has 3 nitrogen and oxygen atoms in total. The molecule has 1 amide bonds. The molecule has 2 aromatic rings. The fourth-order valence-corrected chi connectivity index (χ4v) is 3.65. The zero-order valence-electron chi connectivity index (χ0n) is 13.3. The molecule has 0 aromatic heterocycles. The van der Waals surface area contributed by atoms with Gasteiger partial charge in [0, 0.05) is 12.1 Å². The van der Waals surface area contributed by atoms with Crippen molar-refractivity contribution >= 4 is 24.0 Å². The van der Waals surface area contributed by atoms with Gasteiger partial charge in [-0.05, 0) is 66.6 Å². The number of fused-ring (bicyclic) bond motifs is 2. The molecule has 126 valence electrons. The van der Waals surface area contributed by atoms with Crippen LogP contribution < -0.4 is 10.6 Å². The summed E-state index contributed by atoms with van der Waals surface area (Å²) in [6, 6.07) is 9.39. The number of hydrogen-bond donors (Lipinski definition) is 2. The Kier molecular flexibility index (Phi) is 4.88. The third-order valence-electron chi connectivity index (χ3n) is 4.85. The van der Waals surface area contributed by atoms with Crippen molar-refractivity contribution < 1.29 is 9.18 Å². The highest BCUT2D eigenvalue weighted by Crippen LogP contribution is 2.28. The molecule has 4 rings (SSSR count). The van der Waals surface area contributed by atoms with Gasteiger partial charge in [0.2, 0.25) is 0 Å². The number of halogens is 2. The second-order valence-electron chi connectivity index (χ2n) is 6.24. The van der Waals surface area contributed by atoms with E-state index in [9.17, 15) is 9.18 Å². The summed E-state index contributed by atoms with van der Waals surface area (Å²) in [5.41, 5.74) is 5.03. The number of carbonyl (C=O) groups excluding carboxylic acids is 1. The van der Waals surface area contributed by atoms with Gasteiger partial charge in [-0.3, -0.25) is 4.79 Å². The smallest absolute Gasteiger partial charge is 0.256 e. The average molecular weight is 347 g/mol. The van der Waals surface area contributed by atoms with Gasteiger partial charge in [-0.2, -0.15) is 0 Å². The Morgan fingerprint density at radius 2 is 1.92 bits per heavy atom. The first-order valence-electron chi connectivity index (χ1n) is 8.17. The topological polar surface area (TPSA) is 41.1 Å². The zero-order chi connectivity index (χ0) is 15.8. The molecule has 24 heavy (non-hydrogen) atoms. The summed E-state index contributed by atoms with van der Waals surface area (Å²) >= 11 is 0. The standard InChI is InChI=1S/C19H19FN2O.ClH/c20-18-15-9-10-21-11-13(15)7-8-17(18)22-19(23)16-6-2-4-12-3-1-5-14(12)16;/h2,4,6-8,21H,1,3,5,9-11H2,(H,22,23);1H. The van der Waals surface area contributed by atoms with Crippen molar-refractivity contribution in [3.63, 3.8) is 0 Å². The maximum Gasteiger partial charge on any atom is 0.256 e. The molecule has 1 aliphatic carbocycles. The van der Waals surface area contributed by atoms with E-state index in [0.717, 1.165) is 42.5 Å². The highest BCUT2D eigenvalue weighted by Gasteiger charge is 2.21. The molecule has 2 N–H and O–H groups in total. The lowest BCUT2D eigenvalue weighted by Crippen LogP contribution is -2.25. The minimum atomic E-state index is -0.287. The van der Waals surface area contributed by atoms with Gasteiger partial charge in [0.05, 0.1) is 5.69 Å². The van der Waals surface area contributed by atoms with Gasteiger partial charge in [0.25, 0.3) is 5.91 Å². The molecule has 0 unspecified atom stereocenters. The van der Waals surface area contributed by atoms with E-state index in [-0.39, 0.29) is 29.8 Å². The average Bonchev–Trinajstić information content (AvgIpc) is 3.06.